The number of hydrogen-bond acceptors (Lipinski definition) is 4. The fourth-order valence-electron chi connectivity index (χ4n) is 4.09. The van der Waals surface area contributed by atoms with E-state index in [1.807, 2.05) is 13.8 Å². The standard InChI is InChI=1S/C27H36Cl3N3O4S/c1-5-7-14-31-27(35)24(6-2)32(18-20-11-13-21(28)16-23(20)30)26(34)9-8-15-33(38(4,36)37)25-17-22(29)12-10-19(25)3/h10-13,16-17,24H,5-9,14-15,18H2,1-4H3,(H,31,35). The number of carbonyl (C=O) groups excluding carboxylic acids is 2. The Morgan fingerprint density at radius 2 is 1.66 bits per heavy atom. The van der Waals surface area contributed by atoms with E-state index in [1.54, 1.807) is 43.3 Å². The third-order valence-corrected chi connectivity index (χ3v) is 8.17. The maximum absolute atomic E-state index is 13.5. The first-order valence-electron chi connectivity index (χ1n) is 12.6. The van der Waals surface area contributed by atoms with E-state index in [2.05, 4.69) is 5.32 Å². The van der Waals surface area contributed by atoms with Crippen LogP contribution in [0, 0.1) is 6.92 Å². The van der Waals surface area contributed by atoms with Gasteiger partial charge in [0.1, 0.15) is 6.04 Å². The normalized spacial score (nSPS) is 12.2. The summed E-state index contributed by atoms with van der Waals surface area (Å²) in [5.74, 6) is -0.503. The lowest BCUT2D eigenvalue weighted by Gasteiger charge is -2.31. The zero-order chi connectivity index (χ0) is 28.5. The number of benzene rings is 2. The minimum atomic E-state index is -3.63. The van der Waals surface area contributed by atoms with Crippen LogP contribution in [0.5, 0.6) is 0 Å². The lowest BCUT2D eigenvalue weighted by molar-refractivity contribution is -0.141. The maximum atomic E-state index is 13.5. The molecule has 0 spiro atoms. The summed E-state index contributed by atoms with van der Waals surface area (Å²) in [6.45, 7) is 6.42. The summed E-state index contributed by atoms with van der Waals surface area (Å²) in [4.78, 5) is 28.1. The predicted octanol–water partition coefficient (Wildman–Crippen LogP) is 6.23. The van der Waals surface area contributed by atoms with Crippen molar-refractivity contribution in [1.29, 1.82) is 0 Å². The largest absolute Gasteiger partial charge is 0.354 e. The lowest BCUT2D eigenvalue weighted by Crippen LogP contribution is -2.49. The summed E-state index contributed by atoms with van der Waals surface area (Å²) in [5, 5.41) is 4.21. The Labute approximate surface area is 241 Å². The molecule has 7 nitrogen and oxygen atoms in total. The average Bonchev–Trinajstić information content (AvgIpc) is 2.84. The topological polar surface area (TPSA) is 86.8 Å². The summed E-state index contributed by atoms with van der Waals surface area (Å²) >= 11 is 18.6. The van der Waals surface area contributed by atoms with Gasteiger partial charge in [-0.15, -0.1) is 0 Å². The zero-order valence-electron chi connectivity index (χ0n) is 22.3. The third-order valence-electron chi connectivity index (χ3n) is 6.16. The van der Waals surface area contributed by atoms with E-state index < -0.39 is 16.1 Å². The van der Waals surface area contributed by atoms with Gasteiger partial charge in [0.25, 0.3) is 0 Å². The van der Waals surface area contributed by atoms with Crippen LogP contribution in [0.15, 0.2) is 36.4 Å². The van der Waals surface area contributed by atoms with Crippen LogP contribution >= 0.6 is 34.8 Å². The Hall–Kier alpha value is -2.00. The van der Waals surface area contributed by atoms with Crippen LogP contribution in [0.3, 0.4) is 0 Å². The second kappa shape index (κ2) is 15.0. The third kappa shape index (κ3) is 9.33. The molecule has 1 atom stereocenters. The molecule has 0 saturated heterocycles. The number of anilines is 1. The number of nitrogens with zero attached hydrogens (tertiary/aromatic N) is 2. The molecular weight excluding hydrogens is 569 g/mol. The second-order valence-electron chi connectivity index (χ2n) is 9.20. The first kappa shape index (κ1) is 32.2. The molecule has 2 amide bonds. The van der Waals surface area contributed by atoms with Gasteiger partial charge in [0.2, 0.25) is 21.8 Å². The molecule has 0 aliphatic heterocycles. The Morgan fingerprint density at radius 3 is 2.26 bits per heavy atom. The molecule has 2 aromatic rings. The minimum Gasteiger partial charge on any atom is -0.354 e. The summed E-state index contributed by atoms with van der Waals surface area (Å²) in [6.07, 6.45) is 3.59. The zero-order valence-corrected chi connectivity index (χ0v) is 25.4. The lowest BCUT2D eigenvalue weighted by atomic mass is 10.1. The van der Waals surface area contributed by atoms with Crippen molar-refractivity contribution in [2.75, 3.05) is 23.7 Å². The summed E-state index contributed by atoms with van der Waals surface area (Å²) < 4.78 is 26.4. The number of nitrogens with one attached hydrogen (secondary N) is 1. The van der Waals surface area contributed by atoms with Gasteiger partial charge < -0.3 is 10.2 Å². The first-order valence-corrected chi connectivity index (χ1v) is 15.6. The molecule has 0 radical (unpaired) electrons. The van der Waals surface area contributed by atoms with Crippen molar-refractivity contribution in [3.63, 3.8) is 0 Å². The molecule has 1 unspecified atom stereocenters. The highest BCUT2D eigenvalue weighted by Crippen LogP contribution is 2.27. The molecule has 11 heteroatoms. The molecule has 0 heterocycles. The van der Waals surface area contributed by atoms with Gasteiger partial charge in [0, 0.05) is 41.1 Å². The van der Waals surface area contributed by atoms with Crippen LogP contribution in [0.4, 0.5) is 5.69 Å². The van der Waals surface area contributed by atoms with Gasteiger partial charge in [-0.25, -0.2) is 8.42 Å². The molecule has 0 aliphatic carbocycles. The van der Waals surface area contributed by atoms with Crippen LogP contribution in [0.25, 0.3) is 0 Å². The van der Waals surface area contributed by atoms with Gasteiger partial charge in [-0.3, -0.25) is 13.9 Å². The van der Waals surface area contributed by atoms with Crippen LogP contribution in [-0.4, -0.2) is 50.5 Å². The second-order valence-corrected chi connectivity index (χ2v) is 12.4. The molecule has 0 aliphatic rings. The van der Waals surface area contributed by atoms with Crippen LogP contribution in [0.1, 0.15) is 57.1 Å². The van der Waals surface area contributed by atoms with E-state index in [0.29, 0.717) is 39.3 Å². The van der Waals surface area contributed by atoms with Crippen molar-refractivity contribution in [3.05, 3.63) is 62.6 Å². The number of amides is 2. The highest BCUT2D eigenvalue weighted by Gasteiger charge is 2.29. The Kier molecular flexibility index (Phi) is 12.7. The number of hydrogen-bond donors (Lipinski definition) is 1. The van der Waals surface area contributed by atoms with E-state index in [1.165, 1.54) is 9.21 Å². The van der Waals surface area contributed by atoms with Gasteiger partial charge in [-0.2, -0.15) is 0 Å². The van der Waals surface area contributed by atoms with Gasteiger partial charge in [0.15, 0.2) is 0 Å². The highest BCUT2D eigenvalue weighted by atomic mass is 35.5. The number of carbonyl (C=O) groups is 2. The van der Waals surface area contributed by atoms with Gasteiger partial charge in [-0.1, -0.05) is 67.2 Å². The molecule has 0 bridgehead atoms. The Balaban J connectivity index is 2.27. The van der Waals surface area contributed by atoms with Crippen molar-refractivity contribution in [3.8, 4) is 0 Å². The average molecular weight is 605 g/mol. The van der Waals surface area contributed by atoms with Crippen molar-refractivity contribution in [2.45, 2.75) is 65.5 Å². The Bertz CT molecular complexity index is 1220. The number of aryl methyl sites for hydroxylation is 1. The van der Waals surface area contributed by atoms with Gasteiger partial charge in [0.05, 0.1) is 11.9 Å². The Morgan fingerprint density at radius 1 is 1.00 bits per heavy atom. The summed E-state index contributed by atoms with van der Waals surface area (Å²) in [5.41, 5.74) is 1.88. The molecule has 38 heavy (non-hydrogen) atoms. The fraction of sp³-hybridized carbons (Fsp3) is 0.481. The van der Waals surface area contributed by atoms with Crippen molar-refractivity contribution in [2.24, 2.45) is 0 Å². The molecule has 0 aromatic heterocycles. The minimum absolute atomic E-state index is 0.0373. The summed E-state index contributed by atoms with van der Waals surface area (Å²) in [6, 6.07) is 9.36. The van der Waals surface area contributed by atoms with Crippen molar-refractivity contribution >= 4 is 62.3 Å². The maximum Gasteiger partial charge on any atom is 0.242 e. The molecular formula is C27H36Cl3N3O4S. The van der Waals surface area contributed by atoms with E-state index >= 15 is 0 Å². The van der Waals surface area contributed by atoms with Crippen LogP contribution in [-0.2, 0) is 26.2 Å². The number of unbranched alkanes of at least 4 members (excludes halogenated alkanes) is 1. The monoisotopic (exact) mass is 603 g/mol. The first-order chi connectivity index (χ1) is 17.9. The van der Waals surface area contributed by atoms with Gasteiger partial charge in [-0.05, 0) is 61.6 Å². The van der Waals surface area contributed by atoms with E-state index in [-0.39, 0.29) is 37.7 Å². The predicted molar refractivity (Wildman–Crippen MR) is 157 cm³/mol. The molecule has 2 aromatic carbocycles. The van der Waals surface area contributed by atoms with E-state index in [4.69, 9.17) is 34.8 Å². The molecule has 1 N–H and O–H groups in total. The number of sulfonamides is 1. The number of rotatable bonds is 14. The smallest absolute Gasteiger partial charge is 0.242 e. The van der Waals surface area contributed by atoms with Crippen molar-refractivity contribution < 1.29 is 18.0 Å². The van der Waals surface area contributed by atoms with E-state index in [9.17, 15) is 18.0 Å². The molecule has 0 fully saturated rings. The molecule has 2 rings (SSSR count). The van der Waals surface area contributed by atoms with Crippen LogP contribution < -0.4 is 9.62 Å². The van der Waals surface area contributed by atoms with E-state index in [0.717, 1.165) is 24.7 Å². The van der Waals surface area contributed by atoms with Gasteiger partial charge >= 0.3 is 0 Å². The fourth-order valence-corrected chi connectivity index (χ4v) is 5.74. The molecule has 0 saturated carbocycles. The number of halogens is 3. The van der Waals surface area contributed by atoms with Crippen LogP contribution in [0.2, 0.25) is 15.1 Å². The summed E-state index contributed by atoms with van der Waals surface area (Å²) in [7, 11) is -3.63. The van der Waals surface area contributed by atoms with Crippen molar-refractivity contribution in [1.82, 2.24) is 10.2 Å². The highest BCUT2D eigenvalue weighted by molar-refractivity contribution is 7.92. The quantitative estimate of drug-likeness (QED) is 0.259. The molecule has 210 valence electrons. The SMILES string of the molecule is CCCCNC(=O)C(CC)N(Cc1ccc(Cl)cc1Cl)C(=O)CCCN(c1cc(Cl)ccc1C)S(C)(=O)=O.